The summed E-state index contributed by atoms with van der Waals surface area (Å²) < 4.78 is 10.6. The molecule has 9 nitrogen and oxygen atoms in total. The lowest BCUT2D eigenvalue weighted by atomic mass is 9.96. The van der Waals surface area contributed by atoms with Crippen LogP contribution in [0, 0.1) is 5.92 Å². The van der Waals surface area contributed by atoms with Gasteiger partial charge in [0.05, 0.1) is 5.92 Å². The van der Waals surface area contributed by atoms with Crippen LogP contribution in [-0.4, -0.2) is 77.6 Å². The summed E-state index contributed by atoms with van der Waals surface area (Å²) in [4.78, 5) is 39.6. The van der Waals surface area contributed by atoms with Crippen molar-refractivity contribution < 1.29 is 19.1 Å². The molecule has 1 aromatic carbocycles. The lowest BCUT2D eigenvalue weighted by molar-refractivity contribution is -0.140. The van der Waals surface area contributed by atoms with Crippen molar-refractivity contribution in [3.8, 4) is 11.5 Å². The minimum atomic E-state index is -0.132. The van der Waals surface area contributed by atoms with Crippen molar-refractivity contribution >= 4 is 17.8 Å². The number of likely N-dealkylation sites (tertiary alicyclic amines) is 1. The zero-order chi connectivity index (χ0) is 19.8. The Hall–Kier alpha value is -3.36. The standard InChI is InChI=1S/C20H21N5O4/c26-18(14-2-3-16-17(10-14)29-13-28-16)25-11-15(12-25)19(27)23-6-8-24(9-7-23)20-21-4-1-5-22-20/h1-5,10,15H,6-9,11-13H2. The van der Waals surface area contributed by atoms with Gasteiger partial charge in [0.25, 0.3) is 5.91 Å². The van der Waals surface area contributed by atoms with Gasteiger partial charge in [-0.15, -0.1) is 0 Å². The SMILES string of the molecule is O=C(c1ccc2c(c1)OCO2)N1CC(C(=O)N2CCN(c3ncccn3)CC2)C1. The molecule has 0 N–H and O–H groups in total. The third-order valence-electron chi connectivity index (χ3n) is 5.56. The van der Waals surface area contributed by atoms with Crippen LogP contribution in [0.15, 0.2) is 36.7 Å². The molecule has 4 heterocycles. The predicted octanol–water partition coefficient (Wildman–Crippen LogP) is 0.626. The molecule has 5 rings (SSSR count). The fourth-order valence-electron chi connectivity index (χ4n) is 3.85. The van der Waals surface area contributed by atoms with E-state index in [4.69, 9.17) is 9.47 Å². The highest BCUT2D eigenvalue weighted by Gasteiger charge is 2.39. The molecule has 1 aromatic heterocycles. The maximum Gasteiger partial charge on any atom is 0.254 e. The summed E-state index contributed by atoms with van der Waals surface area (Å²) in [5, 5.41) is 0. The Morgan fingerprint density at radius 3 is 2.41 bits per heavy atom. The second-order valence-electron chi connectivity index (χ2n) is 7.34. The normalized spacial score (nSPS) is 18.6. The molecule has 0 saturated carbocycles. The van der Waals surface area contributed by atoms with E-state index in [1.807, 2.05) is 4.90 Å². The van der Waals surface area contributed by atoms with Crippen LogP contribution in [0.5, 0.6) is 11.5 Å². The topological polar surface area (TPSA) is 88.1 Å². The first-order chi connectivity index (χ1) is 14.2. The summed E-state index contributed by atoms with van der Waals surface area (Å²) in [5.41, 5.74) is 0.552. The molecule has 0 atom stereocenters. The van der Waals surface area contributed by atoms with Gasteiger partial charge in [-0.1, -0.05) is 0 Å². The Bertz CT molecular complexity index is 924. The van der Waals surface area contributed by atoms with Gasteiger partial charge in [-0.2, -0.15) is 0 Å². The van der Waals surface area contributed by atoms with Crippen LogP contribution in [0.1, 0.15) is 10.4 Å². The monoisotopic (exact) mass is 395 g/mol. The number of rotatable bonds is 3. The number of carbonyl (C=O) groups is 2. The lowest BCUT2D eigenvalue weighted by Gasteiger charge is -2.42. The largest absolute Gasteiger partial charge is 0.454 e. The Kier molecular flexibility index (Phi) is 4.42. The van der Waals surface area contributed by atoms with Crippen LogP contribution in [-0.2, 0) is 4.79 Å². The minimum absolute atomic E-state index is 0.0848. The van der Waals surface area contributed by atoms with Crippen molar-refractivity contribution in [2.75, 3.05) is 51.0 Å². The van der Waals surface area contributed by atoms with Crippen LogP contribution >= 0.6 is 0 Å². The number of nitrogens with zero attached hydrogens (tertiary/aromatic N) is 5. The maximum atomic E-state index is 12.8. The van der Waals surface area contributed by atoms with Crippen molar-refractivity contribution in [3.63, 3.8) is 0 Å². The van der Waals surface area contributed by atoms with E-state index >= 15 is 0 Å². The molecule has 3 aliphatic heterocycles. The van der Waals surface area contributed by atoms with E-state index in [9.17, 15) is 9.59 Å². The first kappa shape index (κ1) is 17.7. The zero-order valence-corrected chi connectivity index (χ0v) is 15.9. The van der Waals surface area contributed by atoms with Gasteiger partial charge in [0, 0.05) is 57.2 Å². The van der Waals surface area contributed by atoms with E-state index in [0.717, 1.165) is 0 Å². The number of hydrogen-bond donors (Lipinski definition) is 0. The summed E-state index contributed by atoms with van der Waals surface area (Å²) in [6.45, 7) is 3.79. The molecule has 2 aromatic rings. The van der Waals surface area contributed by atoms with Gasteiger partial charge in [-0.05, 0) is 24.3 Å². The second kappa shape index (κ2) is 7.23. The van der Waals surface area contributed by atoms with E-state index in [-0.39, 0.29) is 24.5 Å². The highest BCUT2D eigenvalue weighted by molar-refractivity contribution is 5.96. The minimum Gasteiger partial charge on any atom is -0.454 e. The van der Waals surface area contributed by atoms with Crippen molar-refractivity contribution in [2.24, 2.45) is 5.92 Å². The third-order valence-corrected chi connectivity index (χ3v) is 5.56. The molecule has 2 amide bonds. The van der Waals surface area contributed by atoms with Gasteiger partial charge in [-0.25, -0.2) is 9.97 Å². The Morgan fingerprint density at radius 1 is 0.931 bits per heavy atom. The van der Waals surface area contributed by atoms with Crippen LogP contribution in [0.4, 0.5) is 5.95 Å². The Labute approximate surface area is 167 Å². The molecule has 0 spiro atoms. The lowest BCUT2D eigenvalue weighted by Crippen LogP contribution is -2.59. The molecular weight excluding hydrogens is 374 g/mol. The zero-order valence-electron chi connectivity index (χ0n) is 15.9. The molecule has 29 heavy (non-hydrogen) atoms. The predicted molar refractivity (Wildman–Crippen MR) is 103 cm³/mol. The number of hydrogen-bond acceptors (Lipinski definition) is 7. The summed E-state index contributed by atoms with van der Waals surface area (Å²) in [5.74, 6) is 1.84. The average Bonchev–Trinajstić information content (AvgIpc) is 3.21. The highest BCUT2D eigenvalue weighted by Crippen LogP contribution is 2.33. The molecule has 2 fully saturated rings. The van der Waals surface area contributed by atoms with Crippen molar-refractivity contribution in [1.29, 1.82) is 0 Å². The number of anilines is 1. The first-order valence-corrected chi connectivity index (χ1v) is 9.69. The van der Waals surface area contributed by atoms with E-state index < -0.39 is 0 Å². The highest BCUT2D eigenvalue weighted by atomic mass is 16.7. The molecule has 0 unspecified atom stereocenters. The summed E-state index contributed by atoms with van der Waals surface area (Å²) in [6, 6.07) is 6.96. The first-order valence-electron chi connectivity index (χ1n) is 9.69. The molecular formula is C20H21N5O4. The number of piperazine rings is 1. The van der Waals surface area contributed by atoms with Crippen LogP contribution in [0.3, 0.4) is 0 Å². The average molecular weight is 395 g/mol. The maximum absolute atomic E-state index is 12.8. The van der Waals surface area contributed by atoms with Gasteiger partial charge < -0.3 is 24.2 Å². The van der Waals surface area contributed by atoms with E-state index in [1.54, 1.807) is 41.6 Å². The Balaban J connectivity index is 1.13. The van der Waals surface area contributed by atoms with Crippen LogP contribution < -0.4 is 14.4 Å². The molecule has 0 bridgehead atoms. The number of benzene rings is 1. The van der Waals surface area contributed by atoms with Gasteiger partial charge in [0.1, 0.15) is 0 Å². The molecule has 2 saturated heterocycles. The molecule has 150 valence electrons. The van der Waals surface area contributed by atoms with Crippen molar-refractivity contribution in [1.82, 2.24) is 19.8 Å². The van der Waals surface area contributed by atoms with Crippen molar-refractivity contribution in [3.05, 3.63) is 42.2 Å². The fourth-order valence-corrected chi connectivity index (χ4v) is 3.85. The van der Waals surface area contributed by atoms with Gasteiger partial charge in [0.15, 0.2) is 11.5 Å². The van der Waals surface area contributed by atoms with E-state index in [1.165, 1.54) is 0 Å². The van der Waals surface area contributed by atoms with Gasteiger partial charge in [-0.3, -0.25) is 9.59 Å². The smallest absolute Gasteiger partial charge is 0.254 e. The van der Waals surface area contributed by atoms with Gasteiger partial charge >= 0.3 is 0 Å². The van der Waals surface area contributed by atoms with Crippen molar-refractivity contribution in [2.45, 2.75) is 0 Å². The molecule has 9 heteroatoms. The molecule has 0 radical (unpaired) electrons. The number of amides is 2. The summed E-state index contributed by atoms with van der Waals surface area (Å²) in [7, 11) is 0. The summed E-state index contributed by atoms with van der Waals surface area (Å²) in [6.07, 6.45) is 3.44. The Morgan fingerprint density at radius 2 is 1.66 bits per heavy atom. The number of carbonyl (C=O) groups excluding carboxylic acids is 2. The van der Waals surface area contributed by atoms with E-state index in [0.29, 0.717) is 62.3 Å². The number of aromatic nitrogens is 2. The van der Waals surface area contributed by atoms with Crippen LogP contribution in [0.25, 0.3) is 0 Å². The fraction of sp³-hybridized carbons (Fsp3) is 0.400. The van der Waals surface area contributed by atoms with Crippen LogP contribution in [0.2, 0.25) is 0 Å². The number of ether oxygens (including phenoxy) is 2. The third kappa shape index (κ3) is 3.32. The van der Waals surface area contributed by atoms with E-state index in [2.05, 4.69) is 14.9 Å². The quantitative estimate of drug-likeness (QED) is 0.753. The molecule has 0 aliphatic carbocycles. The molecule has 3 aliphatic rings. The number of fused-ring (bicyclic) bond motifs is 1. The summed E-state index contributed by atoms with van der Waals surface area (Å²) >= 11 is 0. The van der Waals surface area contributed by atoms with Gasteiger partial charge in [0.2, 0.25) is 18.6 Å². The second-order valence-corrected chi connectivity index (χ2v) is 7.34.